The van der Waals surface area contributed by atoms with Crippen molar-refractivity contribution >= 4 is 31.0 Å². The van der Waals surface area contributed by atoms with Crippen LogP contribution in [0.4, 0.5) is 11.4 Å². The predicted octanol–water partition coefficient (Wildman–Crippen LogP) is 7.89. The lowest BCUT2D eigenvalue weighted by Gasteiger charge is -2.10. The summed E-state index contributed by atoms with van der Waals surface area (Å²) in [5, 5.41) is 0. The van der Waals surface area contributed by atoms with Crippen molar-refractivity contribution in [2.45, 2.75) is 19.6 Å². The van der Waals surface area contributed by atoms with Gasteiger partial charge < -0.3 is 25.7 Å². The second kappa shape index (κ2) is 12.9. The van der Waals surface area contributed by atoms with Crippen LogP contribution in [0.3, 0.4) is 0 Å². The van der Waals surface area contributed by atoms with E-state index in [9.17, 15) is 16.8 Å². The lowest BCUT2D eigenvalue weighted by atomic mass is 10.3. The highest BCUT2D eigenvalue weighted by atomic mass is 32.2. The third kappa shape index (κ3) is 7.22. The van der Waals surface area contributed by atoms with E-state index in [1.807, 2.05) is 0 Å². The number of hydrogen-bond acceptors (Lipinski definition) is 9. The maximum absolute atomic E-state index is 13.2. The van der Waals surface area contributed by atoms with E-state index in [2.05, 4.69) is 0 Å². The average Bonchev–Trinajstić information content (AvgIpc) is 3.08. The van der Waals surface area contributed by atoms with Gasteiger partial charge in [0.25, 0.3) is 0 Å². The second-order valence-corrected chi connectivity index (χ2v) is 14.2. The molecule has 0 saturated heterocycles. The van der Waals surface area contributed by atoms with Crippen LogP contribution in [-0.4, -0.2) is 16.8 Å². The molecule has 4 N–H and O–H groups in total. The molecule has 0 atom stereocenters. The molecule has 9 nitrogen and oxygen atoms in total. The van der Waals surface area contributed by atoms with Gasteiger partial charge in [-0.1, -0.05) is 0 Å². The largest absolute Gasteiger partial charge is 0.457 e. The van der Waals surface area contributed by atoms with Crippen molar-refractivity contribution in [2.24, 2.45) is 0 Å². The summed E-state index contributed by atoms with van der Waals surface area (Å²) < 4.78 is 70.2. The third-order valence-electron chi connectivity index (χ3n) is 7.00. The van der Waals surface area contributed by atoms with Crippen LogP contribution in [-0.2, 0) is 19.7 Å². The molecule has 0 aliphatic rings. The standard InChI is InChI=1S/C36H28N2O7S2/c37-25-1-5-27(6-2-25)43-29-9-17-33(18-10-29)46(39,40)35-21-13-31(14-22-35)45-32-15-23-36(24-16-32)47(41,42)34-19-11-30(12-20-34)44-28-7-3-26(38)4-8-28/h1-24H,37-38H2. The molecule has 0 radical (unpaired) electrons. The molecule has 6 aromatic carbocycles. The van der Waals surface area contributed by atoms with Crippen molar-refractivity contribution in [1.29, 1.82) is 0 Å². The summed E-state index contributed by atoms with van der Waals surface area (Å²) >= 11 is 0. The maximum Gasteiger partial charge on any atom is 0.206 e. The first-order chi connectivity index (χ1) is 22.6. The van der Waals surface area contributed by atoms with Gasteiger partial charge in [0.15, 0.2) is 0 Å². The summed E-state index contributed by atoms with van der Waals surface area (Å²) in [6.07, 6.45) is 0. The zero-order valence-electron chi connectivity index (χ0n) is 24.7. The lowest BCUT2D eigenvalue weighted by Crippen LogP contribution is -2.02. The molecule has 0 amide bonds. The number of rotatable bonds is 10. The third-order valence-corrected chi connectivity index (χ3v) is 10.6. The number of nitrogens with two attached hydrogens (primary N) is 2. The van der Waals surface area contributed by atoms with Crippen LogP contribution in [0.2, 0.25) is 0 Å². The van der Waals surface area contributed by atoms with Gasteiger partial charge in [0.05, 0.1) is 19.6 Å². The van der Waals surface area contributed by atoms with Crippen molar-refractivity contribution in [3.05, 3.63) is 146 Å². The maximum atomic E-state index is 13.2. The number of hydrogen-bond donors (Lipinski definition) is 2. The normalized spacial score (nSPS) is 11.5. The minimum Gasteiger partial charge on any atom is -0.457 e. The molecule has 0 aromatic heterocycles. The second-order valence-electron chi connectivity index (χ2n) is 10.3. The summed E-state index contributed by atoms with van der Waals surface area (Å²) in [4.78, 5) is 0.389. The van der Waals surface area contributed by atoms with Crippen LogP contribution in [0.1, 0.15) is 0 Å². The van der Waals surface area contributed by atoms with Gasteiger partial charge in [-0.15, -0.1) is 0 Å². The molecule has 6 aromatic rings. The van der Waals surface area contributed by atoms with Crippen LogP contribution < -0.4 is 25.7 Å². The van der Waals surface area contributed by atoms with Gasteiger partial charge in [0.1, 0.15) is 34.5 Å². The molecule has 0 unspecified atom stereocenters. The van der Waals surface area contributed by atoms with Crippen LogP contribution in [0.15, 0.2) is 165 Å². The van der Waals surface area contributed by atoms with Crippen molar-refractivity contribution in [1.82, 2.24) is 0 Å². The number of ether oxygens (including phenoxy) is 3. The first-order valence-electron chi connectivity index (χ1n) is 14.2. The smallest absolute Gasteiger partial charge is 0.206 e. The van der Waals surface area contributed by atoms with Crippen LogP contribution in [0.25, 0.3) is 0 Å². The first-order valence-corrected chi connectivity index (χ1v) is 17.2. The van der Waals surface area contributed by atoms with Crippen LogP contribution in [0, 0.1) is 0 Å². The summed E-state index contributed by atoms with van der Waals surface area (Å²) in [5.74, 6) is 2.87. The van der Waals surface area contributed by atoms with E-state index >= 15 is 0 Å². The van der Waals surface area contributed by atoms with Gasteiger partial charge in [0, 0.05) is 11.4 Å². The fourth-order valence-electron chi connectivity index (χ4n) is 4.50. The first kappa shape index (κ1) is 31.2. The van der Waals surface area contributed by atoms with Crippen molar-refractivity contribution in [3.63, 3.8) is 0 Å². The Labute approximate surface area is 272 Å². The van der Waals surface area contributed by atoms with Gasteiger partial charge in [-0.05, 0) is 146 Å². The SMILES string of the molecule is Nc1ccc(Oc2ccc(S(=O)(=O)c3ccc(Oc4ccc(S(=O)(=O)c5ccc(Oc6ccc(N)cc6)cc5)cc4)cc3)cc2)cc1. The Morgan fingerprint density at radius 3 is 0.660 bits per heavy atom. The molecular weight excluding hydrogens is 637 g/mol. The Bertz CT molecular complexity index is 2040. The minimum atomic E-state index is -3.80. The lowest BCUT2D eigenvalue weighted by molar-refractivity contribution is 0.481. The van der Waals surface area contributed by atoms with Crippen LogP contribution in [0.5, 0.6) is 34.5 Å². The zero-order valence-corrected chi connectivity index (χ0v) is 26.3. The van der Waals surface area contributed by atoms with Gasteiger partial charge in [0.2, 0.25) is 19.7 Å². The molecule has 0 aliphatic heterocycles. The molecule has 0 spiro atoms. The van der Waals surface area contributed by atoms with Crippen molar-refractivity contribution in [3.8, 4) is 34.5 Å². The average molecular weight is 665 g/mol. The molecule has 47 heavy (non-hydrogen) atoms. The van der Waals surface area contributed by atoms with Gasteiger partial charge in [-0.25, -0.2) is 16.8 Å². The molecule has 0 saturated carbocycles. The Balaban J connectivity index is 1.09. The topological polar surface area (TPSA) is 148 Å². The summed E-state index contributed by atoms with van der Waals surface area (Å²) in [7, 11) is -7.60. The van der Waals surface area contributed by atoms with E-state index in [0.717, 1.165) is 0 Å². The van der Waals surface area contributed by atoms with Crippen molar-refractivity contribution in [2.75, 3.05) is 11.5 Å². The fourth-order valence-corrected chi connectivity index (χ4v) is 7.02. The quantitative estimate of drug-likeness (QED) is 0.139. The van der Waals surface area contributed by atoms with E-state index in [1.165, 1.54) is 72.8 Å². The minimum absolute atomic E-state index is 0.0865. The molecule has 0 bridgehead atoms. The zero-order chi connectivity index (χ0) is 33.0. The molecule has 0 heterocycles. The molecular formula is C36H28N2O7S2. The van der Waals surface area contributed by atoms with E-state index < -0.39 is 19.7 Å². The summed E-state index contributed by atoms with van der Waals surface area (Å²) in [5.41, 5.74) is 12.6. The summed E-state index contributed by atoms with van der Waals surface area (Å²) in [6, 6.07) is 37.9. The van der Waals surface area contributed by atoms with Crippen molar-refractivity contribution < 1.29 is 31.0 Å². The highest BCUT2D eigenvalue weighted by Crippen LogP contribution is 2.31. The highest BCUT2D eigenvalue weighted by Gasteiger charge is 2.19. The molecule has 236 valence electrons. The fraction of sp³-hybridized carbons (Fsp3) is 0. The van der Waals surface area contributed by atoms with E-state index in [-0.39, 0.29) is 19.6 Å². The number of nitrogen functional groups attached to an aromatic ring is 2. The molecule has 0 aliphatic carbocycles. The number of anilines is 2. The van der Waals surface area contributed by atoms with E-state index in [0.29, 0.717) is 45.9 Å². The van der Waals surface area contributed by atoms with Crippen LogP contribution >= 0.6 is 0 Å². The number of benzene rings is 6. The number of sulfone groups is 2. The van der Waals surface area contributed by atoms with E-state index in [1.54, 1.807) is 72.8 Å². The van der Waals surface area contributed by atoms with Gasteiger partial charge in [-0.2, -0.15) is 0 Å². The Hall–Kier alpha value is -5.78. The summed E-state index contributed by atoms with van der Waals surface area (Å²) in [6.45, 7) is 0. The molecule has 6 rings (SSSR count). The Morgan fingerprint density at radius 1 is 0.298 bits per heavy atom. The monoisotopic (exact) mass is 664 g/mol. The Kier molecular flexibility index (Phi) is 8.57. The highest BCUT2D eigenvalue weighted by molar-refractivity contribution is 7.91. The predicted molar refractivity (Wildman–Crippen MR) is 179 cm³/mol. The van der Waals surface area contributed by atoms with Gasteiger partial charge in [-0.3, -0.25) is 0 Å². The van der Waals surface area contributed by atoms with Gasteiger partial charge >= 0.3 is 0 Å². The molecule has 11 heteroatoms. The molecule has 0 fully saturated rings. The Morgan fingerprint density at radius 2 is 0.468 bits per heavy atom. The van der Waals surface area contributed by atoms with E-state index in [4.69, 9.17) is 25.7 Å².